The number of nitrogens with zero attached hydrogens (tertiary/aromatic N) is 1. The van der Waals surface area contributed by atoms with Crippen molar-refractivity contribution in [2.24, 2.45) is 0 Å². The third-order valence-corrected chi connectivity index (χ3v) is 3.13. The fourth-order valence-corrected chi connectivity index (χ4v) is 2.11. The number of rotatable bonds is 4. The molecule has 21 heavy (non-hydrogen) atoms. The third-order valence-electron chi connectivity index (χ3n) is 2.64. The molecule has 0 aliphatic rings. The van der Waals surface area contributed by atoms with Gasteiger partial charge in [-0.15, -0.1) is 0 Å². The molecule has 0 aliphatic heterocycles. The van der Waals surface area contributed by atoms with E-state index in [0.717, 1.165) is 4.47 Å². The minimum absolute atomic E-state index is 0.0380. The number of para-hydroxylation sites is 1. The SMILES string of the molecule is O=C(/C=C/c1ccccc1[N+](=O)[O-])Nc1cccc(Br)c1. The summed E-state index contributed by atoms with van der Waals surface area (Å²) in [6.45, 7) is 0. The van der Waals surface area contributed by atoms with Crippen LogP contribution in [0.3, 0.4) is 0 Å². The molecule has 0 unspecified atom stereocenters. The monoisotopic (exact) mass is 346 g/mol. The second kappa shape index (κ2) is 6.81. The summed E-state index contributed by atoms with van der Waals surface area (Å²) in [6, 6.07) is 13.4. The molecule has 6 heteroatoms. The molecule has 2 aromatic rings. The molecule has 0 bridgehead atoms. The van der Waals surface area contributed by atoms with Crippen molar-refractivity contribution in [3.63, 3.8) is 0 Å². The second-order valence-electron chi connectivity index (χ2n) is 4.15. The maximum absolute atomic E-state index is 11.8. The van der Waals surface area contributed by atoms with Crippen molar-refractivity contribution >= 4 is 39.3 Å². The lowest BCUT2D eigenvalue weighted by Crippen LogP contribution is -2.07. The van der Waals surface area contributed by atoms with Crippen LogP contribution in [0.5, 0.6) is 0 Å². The van der Waals surface area contributed by atoms with Crippen LogP contribution in [0.4, 0.5) is 11.4 Å². The highest BCUT2D eigenvalue weighted by Crippen LogP contribution is 2.19. The van der Waals surface area contributed by atoms with Gasteiger partial charge in [0.05, 0.1) is 10.5 Å². The molecule has 106 valence electrons. The number of nitrogens with one attached hydrogen (secondary N) is 1. The van der Waals surface area contributed by atoms with Crippen LogP contribution < -0.4 is 5.32 Å². The third kappa shape index (κ3) is 4.25. The quantitative estimate of drug-likeness (QED) is 0.516. The lowest BCUT2D eigenvalue weighted by molar-refractivity contribution is -0.385. The number of halogens is 1. The van der Waals surface area contributed by atoms with E-state index in [9.17, 15) is 14.9 Å². The largest absolute Gasteiger partial charge is 0.322 e. The summed E-state index contributed by atoms with van der Waals surface area (Å²) >= 11 is 3.31. The van der Waals surface area contributed by atoms with E-state index in [-0.39, 0.29) is 11.6 Å². The molecule has 0 radical (unpaired) electrons. The molecule has 0 saturated carbocycles. The van der Waals surface area contributed by atoms with E-state index in [1.165, 1.54) is 18.2 Å². The van der Waals surface area contributed by atoms with Crippen LogP contribution in [-0.4, -0.2) is 10.8 Å². The summed E-state index contributed by atoms with van der Waals surface area (Å²) in [5.41, 5.74) is 0.984. The first-order valence-electron chi connectivity index (χ1n) is 6.04. The minimum atomic E-state index is -0.480. The number of hydrogen-bond donors (Lipinski definition) is 1. The molecule has 5 nitrogen and oxygen atoms in total. The van der Waals surface area contributed by atoms with Gasteiger partial charge in [0.15, 0.2) is 0 Å². The molecule has 2 aromatic carbocycles. The Bertz CT molecular complexity index is 714. The van der Waals surface area contributed by atoms with E-state index in [4.69, 9.17) is 0 Å². The van der Waals surface area contributed by atoms with Crippen molar-refractivity contribution in [1.29, 1.82) is 0 Å². The first kappa shape index (κ1) is 14.9. The minimum Gasteiger partial charge on any atom is -0.322 e. The first-order chi connectivity index (χ1) is 10.1. The van der Waals surface area contributed by atoms with Gasteiger partial charge in [-0.3, -0.25) is 14.9 Å². The summed E-state index contributed by atoms with van der Waals surface area (Å²) in [7, 11) is 0. The van der Waals surface area contributed by atoms with Crippen molar-refractivity contribution in [3.05, 3.63) is 74.8 Å². The van der Waals surface area contributed by atoms with E-state index in [1.807, 2.05) is 6.07 Å². The molecule has 1 amide bonds. The van der Waals surface area contributed by atoms with Gasteiger partial charge in [-0.05, 0) is 30.3 Å². The van der Waals surface area contributed by atoms with Crippen LogP contribution in [0.25, 0.3) is 6.08 Å². The molecule has 2 rings (SSSR count). The summed E-state index contributed by atoms with van der Waals surface area (Å²) < 4.78 is 0.850. The highest BCUT2D eigenvalue weighted by Gasteiger charge is 2.09. The number of anilines is 1. The molecule has 0 aromatic heterocycles. The highest BCUT2D eigenvalue weighted by molar-refractivity contribution is 9.10. The Hall–Kier alpha value is -2.47. The fraction of sp³-hybridized carbons (Fsp3) is 0. The van der Waals surface area contributed by atoms with E-state index in [1.54, 1.807) is 36.4 Å². The van der Waals surface area contributed by atoms with Gasteiger partial charge in [0.25, 0.3) is 5.69 Å². The highest BCUT2D eigenvalue weighted by atomic mass is 79.9. The van der Waals surface area contributed by atoms with E-state index < -0.39 is 4.92 Å². The zero-order valence-corrected chi connectivity index (χ0v) is 12.4. The molecule has 0 fully saturated rings. The molecule has 0 aliphatic carbocycles. The Morgan fingerprint density at radius 2 is 1.95 bits per heavy atom. The number of carbonyl (C=O) groups is 1. The Morgan fingerprint density at radius 3 is 2.67 bits per heavy atom. The van der Waals surface area contributed by atoms with Crippen LogP contribution in [0, 0.1) is 10.1 Å². The number of nitro groups is 1. The van der Waals surface area contributed by atoms with Gasteiger partial charge < -0.3 is 5.32 Å². The van der Waals surface area contributed by atoms with Gasteiger partial charge in [0, 0.05) is 22.3 Å². The summed E-state index contributed by atoms with van der Waals surface area (Å²) in [4.78, 5) is 22.2. The van der Waals surface area contributed by atoms with Crippen LogP contribution in [0.2, 0.25) is 0 Å². The van der Waals surface area contributed by atoms with Gasteiger partial charge in [0.2, 0.25) is 5.91 Å². The number of hydrogen-bond acceptors (Lipinski definition) is 3. The lowest BCUT2D eigenvalue weighted by Gasteiger charge is -2.02. The zero-order valence-electron chi connectivity index (χ0n) is 10.8. The Kier molecular flexibility index (Phi) is 4.84. The summed E-state index contributed by atoms with van der Waals surface area (Å²) in [5, 5.41) is 13.5. The zero-order chi connectivity index (χ0) is 15.2. The molecule has 0 spiro atoms. The van der Waals surface area contributed by atoms with Crippen LogP contribution in [0.15, 0.2) is 59.1 Å². The molecular weight excluding hydrogens is 336 g/mol. The molecule has 0 heterocycles. The van der Waals surface area contributed by atoms with Gasteiger partial charge in [0.1, 0.15) is 0 Å². The van der Waals surface area contributed by atoms with Crippen molar-refractivity contribution in [1.82, 2.24) is 0 Å². The smallest absolute Gasteiger partial charge is 0.276 e. The van der Waals surface area contributed by atoms with E-state index >= 15 is 0 Å². The average Bonchev–Trinajstić information content (AvgIpc) is 2.45. The topological polar surface area (TPSA) is 72.2 Å². The van der Waals surface area contributed by atoms with Crippen LogP contribution in [-0.2, 0) is 4.79 Å². The molecule has 1 N–H and O–H groups in total. The second-order valence-corrected chi connectivity index (χ2v) is 5.06. The van der Waals surface area contributed by atoms with Crippen LogP contribution in [0.1, 0.15) is 5.56 Å². The predicted octanol–water partition coefficient (Wildman–Crippen LogP) is 4.01. The van der Waals surface area contributed by atoms with E-state index in [2.05, 4.69) is 21.2 Å². The maximum Gasteiger partial charge on any atom is 0.276 e. The van der Waals surface area contributed by atoms with E-state index in [0.29, 0.717) is 11.3 Å². The first-order valence-corrected chi connectivity index (χ1v) is 6.83. The van der Waals surface area contributed by atoms with Gasteiger partial charge >= 0.3 is 0 Å². The lowest BCUT2D eigenvalue weighted by atomic mass is 10.1. The number of carbonyl (C=O) groups excluding carboxylic acids is 1. The normalized spacial score (nSPS) is 10.5. The number of nitro benzene ring substituents is 1. The van der Waals surface area contributed by atoms with Gasteiger partial charge in [-0.25, -0.2) is 0 Å². The van der Waals surface area contributed by atoms with Crippen LogP contribution >= 0.6 is 15.9 Å². The van der Waals surface area contributed by atoms with Gasteiger partial charge in [-0.1, -0.05) is 34.1 Å². The molecule has 0 saturated heterocycles. The Labute approximate surface area is 129 Å². The van der Waals surface area contributed by atoms with Crippen molar-refractivity contribution in [2.75, 3.05) is 5.32 Å². The number of amides is 1. The van der Waals surface area contributed by atoms with Crippen molar-refractivity contribution in [2.45, 2.75) is 0 Å². The molecule has 0 atom stereocenters. The fourth-order valence-electron chi connectivity index (χ4n) is 1.71. The standard InChI is InChI=1S/C15H11BrN2O3/c16-12-5-3-6-13(10-12)17-15(19)9-8-11-4-1-2-7-14(11)18(20)21/h1-10H,(H,17,19)/b9-8+. The molecular formula is C15H11BrN2O3. The average molecular weight is 347 g/mol. The maximum atomic E-state index is 11.8. The Morgan fingerprint density at radius 1 is 1.19 bits per heavy atom. The van der Waals surface area contributed by atoms with Gasteiger partial charge in [-0.2, -0.15) is 0 Å². The van der Waals surface area contributed by atoms with Crippen molar-refractivity contribution < 1.29 is 9.72 Å². The summed E-state index contributed by atoms with van der Waals surface area (Å²) in [6.07, 6.45) is 2.69. The summed E-state index contributed by atoms with van der Waals surface area (Å²) in [5.74, 6) is -0.355. The van der Waals surface area contributed by atoms with Crippen molar-refractivity contribution in [3.8, 4) is 0 Å². The Balaban J connectivity index is 2.11. The number of benzene rings is 2. The predicted molar refractivity (Wildman–Crippen MR) is 84.9 cm³/mol.